The number of aromatic nitrogens is 2. The van der Waals surface area contributed by atoms with E-state index < -0.39 is 0 Å². The van der Waals surface area contributed by atoms with Gasteiger partial charge >= 0.3 is 0 Å². The molecule has 1 aliphatic heterocycles. The van der Waals surface area contributed by atoms with E-state index in [2.05, 4.69) is 24.3 Å². The van der Waals surface area contributed by atoms with Gasteiger partial charge in [-0.15, -0.1) is 0 Å². The highest BCUT2D eigenvalue weighted by molar-refractivity contribution is 5.81. The van der Waals surface area contributed by atoms with Crippen molar-refractivity contribution in [3.63, 3.8) is 0 Å². The number of fused-ring (bicyclic) bond motifs is 2. The largest absolute Gasteiger partial charge is 0.486 e. The lowest BCUT2D eigenvalue weighted by molar-refractivity contribution is -0.122. The van der Waals surface area contributed by atoms with E-state index in [0.29, 0.717) is 29.9 Å². The van der Waals surface area contributed by atoms with Crippen LogP contribution in [0, 0.1) is 5.92 Å². The topological polar surface area (TPSA) is 82.5 Å². The summed E-state index contributed by atoms with van der Waals surface area (Å²) >= 11 is 0. The van der Waals surface area contributed by atoms with Crippen LogP contribution in [-0.4, -0.2) is 28.9 Å². The first-order valence-electron chi connectivity index (χ1n) is 9.66. The normalized spacial score (nSPS) is 14.0. The van der Waals surface area contributed by atoms with Crippen molar-refractivity contribution < 1.29 is 14.3 Å². The molecule has 7 nitrogen and oxygen atoms in total. The highest BCUT2D eigenvalue weighted by Crippen LogP contribution is 2.34. The van der Waals surface area contributed by atoms with Crippen LogP contribution in [-0.2, 0) is 11.3 Å². The van der Waals surface area contributed by atoms with Crippen LogP contribution in [0.1, 0.15) is 25.5 Å². The maximum absolute atomic E-state index is 12.8. The highest BCUT2D eigenvalue weighted by atomic mass is 16.6. The first-order chi connectivity index (χ1) is 14.0. The third kappa shape index (κ3) is 3.94. The number of amides is 1. The first kappa shape index (κ1) is 19.0. The number of hydrogen-bond acceptors (Lipinski definition) is 5. The summed E-state index contributed by atoms with van der Waals surface area (Å²) in [6.07, 6.45) is 1.25. The maximum atomic E-state index is 12.8. The molecule has 29 heavy (non-hydrogen) atoms. The van der Waals surface area contributed by atoms with Crippen LogP contribution >= 0.6 is 0 Å². The van der Waals surface area contributed by atoms with E-state index in [1.165, 1.54) is 6.20 Å². The molecule has 150 valence electrons. The summed E-state index contributed by atoms with van der Waals surface area (Å²) < 4.78 is 12.8. The maximum Gasteiger partial charge on any atom is 0.242 e. The summed E-state index contributed by atoms with van der Waals surface area (Å²) in [6.45, 7) is 5.18. The van der Waals surface area contributed by atoms with E-state index in [1.54, 1.807) is 22.9 Å². The Morgan fingerprint density at radius 2 is 1.90 bits per heavy atom. The second kappa shape index (κ2) is 7.95. The Morgan fingerprint density at radius 3 is 2.69 bits per heavy atom. The molecule has 0 spiro atoms. The van der Waals surface area contributed by atoms with Crippen molar-refractivity contribution in [2.45, 2.75) is 26.4 Å². The third-order valence-corrected chi connectivity index (χ3v) is 4.96. The lowest BCUT2D eigenvalue weighted by atomic mass is 9.95. The molecule has 0 fully saturated rings. The molecule has 0 saturated carbocycles. The lowest BCUT2D eigenvalue weighted by Gasteiger charge is -2.25. The summed E-state index contributed by atoms with van der Waals surface area (Å²) in [5.74, 6) is 1.40. The van der Waals surface area contributed by atoms with Crippen LogP contribution in [0.15, 0.2) is 53.5 Å². The van der Waals surface area contributed by atoms with Crippen LogP contribution in [0.5, 0.6) is 11.5 Å². The third-order valence-electron chi connectivity index (χ3n) is 4.96. The molecule has 1 amide bonds. The van der Waals surface area contributed by atoms with Gasteiger partial charge in [0.1, 0.15) is 19.8 Å². The Kier molecular flexibility index (Phi) is 5.20. The summed E-state index contributed by atoms with van der Waals surface area (Å²) in [7, 11) is 0. The number of benzene rings is 2. The summed E-state index contributed by atoms with van der Waals surface area (Å²) in [6, 6.07) is 12.7. The molecule has 0 aliphatic carbocycles. The fourth-order valence-electron chi connectivity index (χ4n) is 3.53. The molecule has 1 N–H and O–H groups in total. The van der Waals surface area contributed by atoms with Gasteiger partial charge < -0.3 is 14.8 Å². The van der Waals surface area contributed by atoms with Gasteiger partial charge in [-0.25, -0.2) is 0 Å². The Morgan fingerprint density at radius 1 is 1.14 bits per heavy atom. The molecule has 1 atom stereocenters. The van der Waals surface area contributed by atoms with E-state index in [0.717, 1.165) is 11.3 Å². The van der Waals surface area contributed by atoms with Crippen LogP contribution in [0.4, 0.5) is 0 Å². The Balaban J connectivity index is 1.56. The SMILES string of the molecule is CC(C)[C@@H](NC(=O)Cn1ncc(=O)c2ccccc21)c1ccc2c(c1)OCCO2. The molecule has 0 unspecified atom stereocenters. The van der Waals surface area contributed by atoms with Crippen molar-refractivity contribution in [1.29, 1.82) is 0 Å². The Hall–Kier alpha value is -3.35. The molecular formula is C22H23N3O4. The molecule has 0 radical (unpaired) electrons. The molecule has 2 heterocycles. The molecule has 3 aromatic rings. The monoisotopic (exact) mass is 393 g/mol. The predicted molar refractivity (Wildman–Crippen MR) is 109 cm³/mol. The van der Waals surface area contributed by atoms with Crippen LogP contribution in [0.3, 0.4) is 0 Å². The number of nitrogens with zero attached hydrogens (tertiary/aromatic N) is 2. The lowest BCUT2D eigenvalue weighted by Crippen LogP contribution is -2.35. The zero-order valence-corrected chi connectivity index (χ0v) is 16.4. The molecule has 7 heteroatoms. The van der Waals surface area contributed by atoms with E-state index in [1.807, 2.05) is 24.3 Å². The summed E-state index contributed by atoms with van der Waals surface area (Å²) in [5.41, 5.74) is 1.43. The van der Waals surface area contributed by atoms with E-state index >= 15 is 0 Å². The van der Waals surface area contributed by atoms with Gasteiger partial charge in [-0.2, -0.15) is 5.10 Å². The Bertz CT molecular complexity index is 1110. The summed E-state index contributed by atoms with van der Waals surface area (Å²) in [4.78, 5) is 24.8. The van der Waals surface area contributed by atoms with Crippen molar-refractivity contribution in [1.82, 2.24) is 15.1 Å². The van der Waals surface area contributed by atoms with Gasteiger partial charge in [0.05, 0.1) is 17.8 Å². The molecule has 0 bridgehead atoms. The Labute approximate surface area is 168 Å². The number of ether oxygens (including phenoxy) is 2. The number of carbonyl (C=O) groups is 1. The van der Waals surface area contributed by atoms with E-state index in [9.17, 15) is 9.59 Å². The second-order valence-electron chi connectivity index (χ2n) is 7.38. The minimum atomic E-state index is -0.191. The first-order valence-corrected chi connectivity index (χ1v) is 9.66. The number of para-hydroxylation sites is 1. The van der Waals surface area contributed by atoms with Gasteiger partial charge in [0.2, 0.25) is 11.3 Å². The number of hydrogen-bond donors (Lipinski definition) is 1. The standard InChI is InChI=1S/C22H23N3O4/c1-14(2)22(15-7-8-19-20(11-15)29-10-9-28-19)24-21(27)13-25-17-6-4-3-5-16(17)18(26)12-23-25/h3-8,11-12,14,22H,9-10,13H2,1-2H3,(H,24,27)/t22-/m1/s1. The van der Waals surface area contributed by atoms with Gasteiger partial charge in [-0.05, 0) is 35.7 Å². The average molecular weight is 393 g/mol. The zero-order chi connectivity index (χ0) is 20.4. The number of rotatable bonds is 5. The summed E-state index contributed by atoms with van der Waals surface area (Å²) in [5, 5.41) is 7.77. The van der Waals surface area contributed by atoms with Gasteiger partial charge in [0.25, 0.3) is 0 Å². The predicted octanol–water partition coefficient (Wildman–Crippen LogP) is 2.68. The fraction of sp³-hybridized carbons (Fsp3) is 0.318. The number of nitrogens with one attached hydrogen (secondary N) is 1. The molecular weight excluding hydrogens is 370 g/mol. The molecule has 2 aromatic carbocycles. The van der Waals surface area contributed by atoms with Crippen LogP contribution < -0.4 is 20.2 Å². The quantitative estimate of drug-likeness (QED) is 0.721. The van der Waals surface area contributed by atoms with Gasteiger partial charge in [-0.1, -0.05) is 32.0 Å². The average Bonchev–Trinajstić information content (AvgIpc) is 2.74. The van der Waals surface area contributed by atoms with Crippen molar-refractivity contribution in [2.24, 2.45) is 5.92 Å². The number of carbonyl (C=O) groups excluding carboxylic acids is 1. The van der Waals surface area contributed by atoms with Gasteiger partial charge in [-0.3, -0.25) is 14.3 Å². The van der Waals surface area contributed by atoms with E-state index in [4.69, 9.17) is 9.47 Å². The van der Waals surface area contributed by atoms with Crippen molar-refractivity contribution in [3.05, 3.63) is 64.4 Å². The second-order valence-corrected chi connectivity index (χ2v) is 7.38. The zero-order valence-electron chi connectivity index (χ0n) is 16.4. The molecule has 4 rings (SSSR count). The molecule has 0 saturated heterocycles. The van der Waals surface area contributed by atoms with Crippen molar-refractivity contribution >= 4 is 16.8 Å². The minimum absolute atomic E-state index is 0.0224. The minimum Gasteiger partial charge on any atom is -0.486 e. The van der Waals surface area contributed by atoms with Crippen molar-refractivity contribution in [3.8, 4) is 11.5 Å². The molecule has 1 aromatic heterocycles. The van der Waals surface area contributed by atoms with Gasteiger partial charge in [0.15, 0.2) is 11.5 Å². The van der Waals surface area contributed by atoms with Gasteiger partial charge in [0, 0.05) is 5.39 Å². The fourth-order valence-corrected chi connectivity index (χ4v) is 3.53. The van der Waals surface area contributed by atoms with Crippen LogP contribution in [0.25, 0.3) is 10.9 Å². The van der Waals surface area contributed by atoms with E-state index in [-0.39, 0.29) is 29.8 Å². The smallest absolute Gasteiger partial charge is 0.242 e. The van der Waals surface area contributed by atoms with Crippen LogP contribution in [0.2, 0.25) is 0 Å². The van der Waals surface area contributed by atoms with Crippen molar-refractivity contribution in [2.75, 3.05) is 13.2 Å². The highest BCUT2D eigenvalue weighted by Gasteiger charge is 2.22. The molecule has 1 aliphatic rings.